The highest BCUT2D eigenvalue weighted by Gasteiger charge is 2.19. The highest BCUT2D eigenvalue weighted by atomic mass is 32.2. The lowest BCUT2D eigenvalue weighted by molar-refractivity contribution is 0.422. The van der Waals surface area contributed by atoms with Crippen LogP contribution in [0.15, 0.2) is 46.2 Å². The fraction of sp³-hybridized carbons (Fsp3) is 0.476. The molecule has 0 saturated carbocycles. The lowest BCUT2D eigenvalue weighted by Crippen LogP contribution is -2.29. The maximum Gasteiger partial charge on any atom is 0.123 e. The molecule has 26 heavy (non-hydrogen) atoms. The van der Waals surface area contributed by atoms with Gasteiger partial charge < -0.3 is 15.5 Å². The van der Waals surface area contributed by atoms with Gasteiger partial charge in [-0.1, -0.05) is 6.07 Å². The Morgan fingerprint density at radius 1 is 1.38 bits per heavy atom. The van der Waals surface area contributed by atoms with Crippen LogP contribution in [0.4, 0.5) is 0 Å². The number of benzene rings is 1. The number of rotatable bonds is 6. The maximum atomic E-state index is 4.73. The topological polar surface area (TPSA) is 39.7 Å². The molecular formula is C21H30N4S. The Labute approximate surface area is 161 Å². The quantitative estimate of drug-likeness (QED) is 0.736. The second-order valence-electron chi connectivity index (χ2n) is 6.81. The number of nitrogens with one attached hydrogen (secondary N) is 2. The summed E-state index contributed by atoms with van der Waals surface area (Å²) in [6, 6.07) is 6.78. The molecule has 2 aliphatic heterocycles. The Hall–Kier alpha value is -1.72. The minimum absolute atomic E-state index is 0.391. The minimum atomic E-state index is 0.391. The molecule has 1 aromatic carbocycles. The van der Waals surface area contributed by atoms with Crippen molar-refractivity contribution in [3.05, 3.63) is 47.4 Å². The van der Waals surface area contributed by atoms with Gasteiger partial charge in [0.25, 0.3) is 0 Å². The monoisotopic (exact) mass is 370 g/mol. The molecule has 2 heterocycles. The van der Waals surface area contributed by atoms with Crippen molar-refractivity contribution in [3.8, 4) is 0 Å². The zero-order chi connectivity index (χ0) is 18.4. The van der Waals surface area contributed by atoms with E-state index < -0.39 is 0 Å². The molecule has 1 atom stereocenters. The largest absolute Gasteiger partial charge is 0.394 e. The Bertz CT molecular complexity index is 702. The van der Waals surface area contributed by atoms with Crippen LogP contribution >= 0.6 is 11.8 Å². The first-order valence-electron chi connectivity index (χ1n) is 9.52. The molecule has 1 aromatic rings. The highest BCUT2D eigenvalue weighted by Crippen LogP contribution is 2.33. The highest BCUT2D eigenvalue weighted by molar-refractivity contribution is 8.00. The molecule has 140 valence electrons. The van der Waals surface area contributed by atoms with E-state index in [1.54, 1.807) is 0 Å². The van der Waals surface area contributed by atoms with Crippen molar-refractivity contribution in [2.45, 2.75) is 49.9 Å². The van der Waals surface area contributed by atoms with Gasteiger partial charge in [-0.3, -0.25) is 0 Å². The van der Waals surface area contributed by atoms with E-state index in [1.807, 2.05) is 25.0 Å². The Morgan fingerprint density at radius 3 is 2.92 bits per heavy atom. The van der Waals surface area contributed by atoms with Crippen molar-refractivity contribution >= 4 is 23.5 Å². The van der Waals surface area contributed by atoms with Crippen molar-refractivity contribution in [1.29, 1.82) is 0 Å². The van der Waals surface area contributed by atoms with Crippen LogP contribution in [-0.2, 0) is 6.54 Å². The molecule has 1 saturated heterocycles. The van der Waals surface area contributed by atoms with Crippen LogP contribution in [0.25, 0.3) is 5.57 Å². The smallest absolute Gasteiger partial charge is 0.123 e. The van der Waals surface area contributed by atoms with Gasteiger partial charge in [0.15, 0.2) is 0 Å². The molecule has 0 aromatic heterocycles. The van der Waals surface area contributed by atoms with Crippen LogP contribution in [0, 0.1) is 0 Å². The van der Waals surface area contributed by atoms with Gasteiger partial charge in [-0.05, 0) is 67.8 Å². The van der Waals surface area contributed by atoms with Gasteiger partial charge in [0.1, 0.15) is 5.82 Å². The van der Waals surface area contributed by atoms with Gasteiger partial charge in [0.2, 0.25) is 0 Å². The molecule has 4 nitrogen and oxygen atoms in total. The first kappa shape index (κ1) is 19.1. The van der Waals surface area contributed by atoms with Gasteiger partial charge in [-0.15, -0.1) is 11.8 Å². The molecule has 5 heteroatoms. The predicted octanol–water partition coefficient (Wildman–Crippen LogP) is 4.21. The van der Waals surface area contributed by atoms with E-state index in [9.17, 15) is 0 Å². The number of nitrogens with zero attached hydrogens (tertiary/aromatic N) is 2. The second-order valence-corrected chi connectivity index (χ2v) is 8.06. The van der Waals surface area contributed by atoms with Gasteiger partial charge in [0.05, 0.1) is 5.37 Å². The fourth-order valence-corrected chi connectivity index (χ4v) is 4.54. The number of thioether (sulfide) groups is 1. The lowest BCUT2D eigenvalue weighted by atomic mass is 10.0. The third kappa shape index (κ3) is 4.71. The van der Waals surface area contributed by atoms with Crippen molar-refractivity contribution < 1.29 is 0 Å². The summed E-state index contributed by atoms with van der Waals surface area (Å²) in [5, 5.41) is 7.13. The number of aliphatic imine (C=N–C) groups is 1. The number of hydrogen-bond donors (Lipinski definition) is 2. The molecule has 3 rings (SSSR count). The second kappa shape index (κ2) is 9.28. The Morgan fingerprint density at radius 2 is 2.19 bits per heavy atom. The predicted molar refractivity (Wildman–Crippen MR) is 113 cm³/mol. The van der Waals surface area contributed by atoms with E-state index in [0.29, 0.717) is 5.37 Å². The van der Waals surface area contributed by atoms with E-state index in [1.165, 1.54) is 34.4 Å². The Balaban J connectivity index is 1.58. The van der Waals surface area contributed by atoms with Crippen LogP contribution in [0.3, 0.4) is 0 Å². The van der Waals surface area contributed by atoms with E-state index in [4.69, 9.17) is 4.99 Å². The van der Waals surface area contributed by atoms with Gasteiger partial charge in [-0.25, -0.2) is 4.99 Å². The number of allylic oxidation sites excluding steroid dienone is 2. The van der Waals surface area contributed by atoms with E-state index in [0.717, 1.165) is 31.9 Å². The van der Waals surface area contributed by atoms with Crippen molar-refractivity contribution in [2.24, 2.45) is 4.99 Å². The summed E-state index contributed by atoms with van der Waals surface area (Å²) in [6.45, 7) is 7.43. The standard InChI is InChI=1S/C21H30N4S/c1-4-20(25-11-5-6-12-25)23-10-9-21-24-15-18-13-17(16(2)14-22-3)7-8-19(18)26-21/h4,7-8,10,13-14,21-22,24H,5-6,9,11-12,15H2,1-3H3/b16-14+,20-4+,23-10-. The van der Waals surface area contributed by atoms with E-state index >= 15 is 0 Å². The first-order valence-corrected chi connectivity index (χ1v) is 10.4. The molecule has 0 amide bonds. The maximum absolute atomic E-state index is 4.73. The zero-order valence-electron chi connectivity index (χ0n) is 16.1. The average molecular weight is 371 g/mol. The summed E-state index contributed by atoms with van der Waals surface area (Å²) in [7, 11) is 1.94. The van der Waals surface area contributed by atoms with Crippen LogP contribution in [-0.4, -0.2) is 36.6 Å². The van der Waals surface area contributed by atoms with Crippen molar-refractivity contribution in [3.63, 3.8) is 0 Å². The van der Waals surface area contributed by atoms with Gasteiger partial charge in [-0.2, -0.15) is 0 Å². The third-order valence-corrected chi connectivity index (χ3v) is 6.19. The summed E-state index contributed by atoms with van der Waals surface area (Å²) in [5.74, 6) is 1.13. The fourth-order valence-electron chi connectivity index (χ4n) is 3.45. The van der Waals surface area contributed by atoms with Crippen LogP contribution < -0.4 is 10.6 Å². The molecule has 0 bridgehead atoms. The first-order chi connectivity index (χ1) is 12.7. The zero-order valence-corrected chi connectivity index (χ0v) is 16.9. The van der Waals surface area contributed by atoms with Crippen molar-refractivity contribution in [1.82, 2.24) is 15.5 Å². The molecule has 0 radical (unpaired) electrons. The third-order valence-electron chi connectivity index (χ3n) is 4.90. The molecule has 1 unspecified atom stereocenters. The van der Waals surface area contributed by atoms with Crippen LogP contribution in [0.2, 0.25) is 0 Å². The van der Waals surface area contributed by atoms with Gasteiger partial charge in [0, 0.05) is 44.2 Å². The number of fused-ring (bicyclic) bond motifs is 1. The van der Waals surface area contributed by atoms with E-state index in [2.05, 4.69) is 59.9 Å². The molecular weight excluding hydrogens is 340 g/mol. The SMILES string of the molecule is C/C=C(\N=C/CC1NCc2cc(/C(C)=C/NC)ccc2S1)N1CCCC1. The molecule has 0 spiro atoms. The summed E-state index contributed by atoms with van der Waals surface area (Å²) in [6.07, 6.45) is 9.77. The summed E-state index contributed by atoms with van der Waals surface area (Å²) in [4.78, 5) is 8.49. The van der Waals surface area contributed by atoms with Crippen LogP contribution in [0.1, 0.15) is 44.2 Å². The summed E-state index contributed by atoms with van der Waals surface area (Å²) < 4.78 is 0. The summed E-state index contributed by atoms with van der Waals surface area (Å²) >= 11 is 1.91. The number of hydrogen-bond acceptors (Lipinski definition) is 5. The number of likely N-dealkylation sites (tertiary alicyclic amines) is 1. The lowest BCUT2D eigenvalue weighted by Gasteiger charge is -2.25. The molecule has 0 aliphatic carbocycles. The minimum Gasteiger partial charge on any atom is -0.394 e. The van der Waals surface area contributed by atoms with Crippen molar-refractivity contribution in [2.75, 3.05) is 20.1 Å². The normalized spacial score (nSPS) is 21.3. The molecule has 2 N–H and O–H groups in total. The summed E-state index contributed by atoms with van der Waals surface area (Å²) in [5.41, 5.74) is 3.93. The molecule has 2 aliphatic rings. The van der Waals surface area contributed by atoms with E-state index in [-0.39, 0.29) is 0 Å². The van der Waals surface area contributed by atoms with Gasteiger partial charge >= 0.3 is 0 Å². The molecule has 1 fully saturated rings. The average Bonchev–Trinajstić information content (AvgIpc) is 3.19. The Kier molecular flexibility index (Phi) is 6.80. The van der Waals surface area contributed by atoms with Crippen LogP contribution in [0.5, 0.6) is 0 Å².